The second kappa shape index (κ2) is 10.3. The lowest BCUT2D eigenvalue weighted by Crippen LogP contribution is -2.64. The first kappa shape index (κ1) is 24.0. The molecule has 0 unspecified atom stereocenters. The molecule has 3 heterocycles. The number of carbonyl (C=O) groups is 3. The Morgan fingerprint density at radius 3 is 2.72 bits per heavy atom. The normalized spacial score (nSPS) is 18.0. The SMILES string of the molecule is CCCN1C(=O)c2c(C(=O)NCCc3cccs3)ncn2C[C@]1(C)C(=O)NCCC(C)C. The molecule has 2 N–H and O–H groups in total. The molecule has 3 rings (SSSR count). The third-order valence-electron chi connectivity index (χ3n) is 5.76. The first-order chi connectivity index (χ1) is 15.3. The number of thiophene rings is 1. The zero-order chi connectivity index (χ0) is 23.3. The smallest absolute Gasteiger partial charge is 0.273 e. The summed E-state index contributed by atoms with van der Waals surface area (Å²) in [6, 6.07) is 4.00. The van der Waals surface area contributed by atoms with Crippen LogP contribution in [0.2, 0.25) is 0 Å². The zero-order valence-corrected chi connectivity index (χ0v) is 20.1. The minimum absolute atomic E-state index is 0.115. The Labute approximate surface area is 193 Å². The summed E-state index contributed by atoms with van der Waals surface area (Å²) in [6.07, 6.45) is 3.79. The number of fused-ring (bicyclic) bond motifs is 1. The van der Waals surface area contributed by atoms with Crippen molar-refractivity contribution in [1.82, 2.24) is 25.1 Å². The summed E-state index contributed by atoms with van der Waals surface area (Å²) in [4.78, 5) is 46.4. The molecular weight excluding hydrogens is 426 g/mol. The number of amides is 3. The van der Waals surface area contributed by atoms with Gasteiger partial charge < -0.3 is 20.1 Å². The van der Waals surface area contributed by atoms with Crippen LogP contribution in [-0.4, -0.2) is 57.3 Å². The van der Waals surface area contributed by atoms with Crippen LogP contribution in [0, 0.1) is 5.92 Å². The van der Waals surface area contributed by atoms with Crippen LogP contribution in [0.15, 0.2) is 23.8 Å². The van der Waals surface area contributed by atoms with Crippen molar-refractivity contribution in [1.29, 1.82) is 0 Å². The second-order valence-corrected chi connectivity index (χ2v) is 9.86. The molecule has 3 amide bonds. The molecule has 0 aliphatic carbocycles. The van der Waals surface area contributed by atoms with Crippen LogP contribution in [0.3, 0.4) is 0 Å². The highest BCUT2D eigenvalue weighted by Gasteiger charge is 2.48. The molecule has 9 heteroatoms. The van der Waals surface area contributed by atoms with Crippen LogP contribution in [0.1, 0.15) is 66.4 Å². The monoisotopic (exact) mass is 459 g/mol. The molecule has 1 aliphatic heterocycles. The van der Waals surface area contributed by atoms with Crippen molar-refractivity contribution in [2.45, 2.75) is 59.0 Å². The van der Waals surface area contributed by atoms with Crippen LogP contribution in [-0.2, 0) is 17.8 Å². The number of rotatable bonds is 10. The van der Waals surface area contributed by atoms with Gasteiger partial charge in [0.05, 0.1) is 12.9 Å². The van der Waals surface area contributed by atoms with Gasteiger partial charge in [0.15, 0.2) is 5.69 Å². The second-order valence-electron chi connectivity index (χ2n) is 8.82. The van der Waals surface area contributed by atoms with Gasteiger partial charge in [0, 0.05) is 24.5 Å². The predicted octanol–water partition coefficient (Wildman–Crippen LogP) is 2.70. The van der Waals surface area contributed by atoms with E-state index in [9.17, 15) is 14.4 Å². The molecule has 174 valence electrons. The third kappa shape index (κ3) is 5.03. The Morgan fingerprint density at radius 2 is 2.06 bits per heavy atom. The van der Waals surface area contributed by atoms with E-state index in [1.807, 2.05) is 24.4 Å². The molecular formula is C23H33N5O3S. The van der Waals surface area contributed by atoms with Gasteiger partial charge in [-0.05, 0) is 43.6 Å². The van der Waals surface area contributed by atoms with Crippen molar-refractivity contribution in [2.75, 3.05) is 19.6 Å². The van der Waals surface area contributed by atoms with Gasteiger partial charge in [0.1, 0.15) is 11.2 Å². The summed E-state index contributed by atoms with van der Waals surface area (Å²) in [7, 11) is 0. The van der Waals surface area contributed by atoms with E-state index in [-0.39, 0.29) is 35.7 Å². The van der Waals surface area contributed by atoms with Gasteiger partial charge in [0.25, 0.3) is 11.8 Å². The van der Waals surface area contributed by atoms with Gasteiger partial charge in [-0.3, -0.25) is 14.4 Å². The molecule has 0 saturated carbocycles. The number of carbonyl (C=O) groups excluding carboxylic acids is 3. The maximum absolute atomic E-state index is 13.5. The van der Waals surface area contributed by atoms with Crippen LogP contribution in [0.5, 0.6) is 0 Å². The average Bonchev–Trinajstić information content (AvgIpc) is 3.40. The summed E-state index contributed by atoms with van der Waals surface area (Å²) < 4.78 is 1.64. The number of hydrogen-bond donors (Lipinski definition) is 2. The highest BCUT2D eigenvalue weighted by Crippen LogP contribution is 2.29. The molecule has 32 heavy (non-hydrogen) atoms. The molecule has 1 aliphatic rings. The number of nitrogens with zero attached hydrogens (tertiary/aromatic N) is 3. The quantitative estimate of drug-likeness (QED) is 0.571. The van der Waals surface area contributed by atoms with E-state index in [2.05, 4.69) is 29.5 Å². The zero-order valence-electron chi connectivity index (χ0n) is 19.3. The van der Waals surface area contributed by atoms with Gasteiger partial charge in [0.2, 0.25) is 5.91 Å². The minimum atomic E-state index is -1.04. The van der Waals surface area contributed by atoms with Crippen molar-refractivity contribution in [2.24, 2.45) is 5.92 Å². The van der Waals surface area contributed by atoms with Crippen LogP contribution >= 0.6 is 11.3 Å². The molecule has 0 bridgehead atoms. The lowest BCUT2D eigenvalue weighted by molar-refractivity contribution is -0.132. The Bertz CT molecular complexity index is 953. The molecule has 0 radical (unpaired) electrons. The maximum atomic E-state index is 13.5. The van der Waals surface area contributed by atoms with E-state index in [0.29, 0.717) is 32.0 Å². The summed E-state index contributed by atoms with van der Waals surface area (Å²) in [6.45, 7) is 9.68. The van der Waals surface area contributed by atoms with Crippen LogP contribution < -0.4 is 10.6 Å². The standard InChI is InChI=1S/C23H33N5O3S/c1-5-12-28-21(30)19-18(20(29)24-11-9-17-7-6-13-32-17)26-15-27(19)14-23(28,4)22(31)25-10-8-16(2)3/h6-7,13,15-16H,5,8-12,14H2,1-4H3,(H,24,29)(H,25,31)/t23-/m1/s1. The number of aromatic nitrogens is 2. The maximum Gasteiger partial charge on any atom is 0.273 e. The van der Waals surface area contributed by atoms with Crippen molar-refractivity contribution in [3.05, 3.63) is 40.1 Å². The molecule has 0 saturated heterocycles. The van der Waals surface area contributed by atoms with Crippen LogP contribution in [0.4, 0.5) is 0 Å². The molecule has 1 atom stereocenters. The molecule has 8 nitrogen and oxygen atoms in total. The van der Waals surface area contributed by atoms with Gasteiger partial charge in [-0.2, -0.15) is 0 Å². The highest BCUT2D eigenvalue weighted by atomic mass is 32.1. The first-order valence-electron chi connectivity index (χ1n) is 11.2. The topological polar surface area (TPSA) is 96.3 Å². The summed E-state index contributed by atoms with van der Waals surface area (Å²) in [5, 5.41) is 7.85. The van der Waals surface area contributed by atoms with Crippen molar-refractivity contribution < 1.29 is 14.4 Å². The van der Waals surface area contributed by atoms with Gasteiger partial charge in [-0.1, -0.05) is 26.8 Å². The lowest BCUT2D eigenvalue weighted by Gasteiger charge is -2.43. The third-order valence-corrected chi connectivity index (χ3v) is 6.69. The van der Waals surface area contributed by atoms with E-state index < -0.39 is 5.54 Å². The number of nitrogens with one attached hydrogen (secondary N) is 2. The molecule has 0 aromatic carbocycles. The molecule has 2 aromatic rings. The Kier molecular flexibility index (Phi) is 7.71. The van der Waals surface area contributed by atoms with E-state index in [1.165, 1.54) is 11.2 Å². The number of imidazole rings is 1. The van der Waals surface area contributed by atoms with E-state index in [1.54, 1.807) is 27.7 Å². The van der Waals surface area contributed by atoms with E-state index >= 15 is 0 Å². The number of hydrogen-bond acceptors (Lipinski definition) is 5. The van der Waals surface area contributed by atoms with Crippen molar-refractivity contribution >= 4 is 29.1 Å². The van der Waals surface area contributed by atoms with Crippen LogP contribution in [0.25, 0.3) is 0 Å². The fourth-order valence-electron chi connectivity index (χ4n) is 3.93. The van der Waals surface area contributed by atoms with Gasteiger partial charge >= 0.3 is 0 Å². The largest absolute Gasteiger partial charge is 0.354 e. The summed E-state index contributed by atoms with van der Waals surface area (Å²) >= 11 is 1.64. The fraction of sp³-hybridized carbons (Fsp3) is 0.565. The highest BCUT2D eigenvalue weighted by molar-refractivity contribution is 7.09. The molecule has 2 aromatic heterocycles. The Morgan fingerprint density at radius 1 is 1.28 bits per heavy atom. The fourth-order valence-corrected chi connectivity index (χ4v) is 4.64. The van der Waals surface area contributed by atoms with E-state index in [0.717, 1.165) is 12.8 Å². The molecule has 0 fully saturated rings. The summed E-state index contributed by atoms with van der Waals surface area (Å²) in [5.41, 5.74) is -0.672. The van der Waals surface area contributed by atoms with Gasteiger partial charge in [-0.15, -0.1) is 11.3 Å². The molecule has 0 spiro atoms. The van der Waals surface area contributed by atoms with E-state index in [4.69, 9.17) is 0 Å². The Hall–Kier alpha value is -2.68. The summed E-state index contributed by atoms with van der Waals surface area (Å²) in [5.74, 6) is -0.407. The van der Waals surface area contributed by atoms with Gasteiger partial charge in [-0.25, -0.2) is 4.98 Å². The predicted molar refractivity (Wildman–Crippen MR) is 125 cm³/mol. The average molecular weight is 460 g/mol. The van der Waals surface area contributed by atoms with Crippen molar-refractivity contribution in [3.63, 3.8) is 0 Å². The minimum Gasteiger partial charge on any atom is -0.354 e. The van der Waals surface area contributed by atoms with Crippen molar-refractivity contribution in [3.8, 4) is 0 Å². The Balaban J connectivity index is 1.77. The lowest BCUT2D eigenvalue weighted by atomic mass is 9.93. The first-order valence-corrected chi connectivity index (χ1v) is 12.1.